The number of hydrogen-bond donors (Lipinski definition) is 1. The highest BCUT2D eigenvalue weighted by Gasteiger charge is 2.38. The summed E-state index contributed by atoms with van der Waals surface area (Å²) < 4.78 is 31.1. The van der Waals surface area contributed by atoms with E-state index in [-0.39, 0.29) is 29.8 Å². The third-order valence-corrected chi connectivity index (χ3v) is 5.18. The van der Waals surface area contributed by atoms with Crippen LogP contribution in [0.2, 0.25) is 0 Å². The molecule has 116 valence electrons. The summed E-state index contributed by atoms with van der Waals surface area (Å²) in [5, 5.41) is 20.0. The van der Waals surface area contributed by atoms with Crippen molar-refractivity contribution in [2.45, 2.75) is 23.8 Å². The van der Waals surface area contributed by atoms with Crippen LogP contribution in [0.15, 0.2) is 23.1 Å². The van der Waals surface area contributed by atoms with E-state index < -0.39 is 20.6 Å². The number of aliphatic hydroxyl groups is 1. The highest BCUT2D eigenvalue weighted by Crippen LogP contribution is 2.35. The van der Waals surface area contributed by atoms with E-state index in [4.69, 9.17) is 9.84 Å². The van der Waals surface area contributed by atoms with Crippen LogP contribution in [0, 0.1) is 10.1 Å². The maximum absolute atomic E-state index is 12.5. The highest BCUT2D eigenvalue weighted by atomic mass is 32.2. The summed E-state index contributed by atoms with van der Waals surface area (Å²) in [6.07, 6.45) is 1.47. The number of hydrogen-bond acceptors (Lipinski definition) is 6. The van der Waals surface area contributed by atoms with Gasteiger partial charge in [-0.05, 0) is 25.0 Å². The van der Waals surface area contributed by atoms with Gasteiger partial charge in [-0.2, -0.15) is 4.31 Å². The number of nitro benzene ring substituents is 1. The molecule has 0 amide bonds. The Morgan fingerprint density at radius 3 is 2.62 bits per heavy atom. The second-order valence-corrected chi connectivity index (χ2v) is 6.55. The largest absolute Gasteiger partial charge is 0.490 e. The van der Waals surface area contributed by atoms with Crippen molar-refractivity contribution < 1.29 is 23.2 Å². The lowest BCUT2D eigenvalue weighted by Crippen LogP contribution is -2.35. The first-order valence-corrected chi connectivity index (χ1v) is 7.81. The Kier molecular flexibility index (Phi) is 4.45. The molecular weight excluding hydrogens is 300 g/mol. The molecule has 1 saturated carbocycles. The summed E-state index contributed by atoms with van der Waals surface area (Å²) in [6, 6.07) is 3.38. The SMILES string of the molecule is COc1ccc(S(=O)(=O)N(CCO)C2CC2)cc1[N+](=O)[O-]. The lowest BCUT2D eigenvalue weighted by atomic mass is 10.3. The molecular formula is C12H16N2O6S. The summed E-state index contributed by atoms with van der Waals surface area (Å²) in [7, 11) is -2.59. The molecule has 8 nitrogen and oxygen atoms in total. The number of methoxy groups -OCH3 is 1. The molecule has 0 spiro atoms. The van der Waals surface area contributed by atoms with Crippen LogP contribution in [-0.2, 0) is 10.0 Å². The van der Waals surface area contributed by atoms with Crippen molar-refractivity contribution >= 4 is 15.7 Å². The monoisotopic (exact) mass is 316 g/mol. The first-order valence-electron chi connectivity index (χ1n) is 6.37. The van der Waals surface area contributed by atoms with Crippen molar-refractivity contribution in [2.75, 3.05) is 20.3 Å². The molecule has 0 heterocycles. The van der Waals surface area contributed by atoms with Gasteiger partial charge in [-0.15, -0.1) is 0 Å². The third-order valence-electron chi connectivity index (χ3n) is 3.23. The average molecular weight is 316 g/mol. The Labute approximate surface area is 122 Å². The van der Waals surface area contributed by atoms with Crippen LogP contribution < -0.4 is 4.74 Å². The van der Waals surface area contributed by atoms with Gasteiger partial charge in [-0.25, -0.2) is 8.42 Å². The normalized spacial score (nSPS) is 15.2. The number of benzene rings is 1. The number of aliphatic hydroxyl groups excluding tert-OH is 1. The quantitative estimate of drug-likeness (QED) is 0.587. The molecule has 9 heteroatoms. The van der Waals surface area contributed by atoms with Gasteiger partial charge in [-0.1, -0.05) is 0 Å². The zero-order chi connectivity index (χ0) is 15.6. The number of nitro groups is 1. The molecule has 1 aliphatic rings. The van der Waals surface area contributed by atoms with E-state index in [1.807, 2.05) is 0 Å². The summed E-state index contributed by atoms with van der Waals surface area (Å²) in [5.74, 6) is -0.000852. The summed E-state index contributed by atoms with van der Waals surface area (Å²) in [4.78, 5) is 10.1. The van der Waals surface area contributed by atoms with E-state index >= 15 is 0 Å². The third kappa shape index (κ3) is 3.14. The Hall–Kier alpha value is -1.71. The summed E-state index contributed by atoms with van der Waals surface area (Å²) >= 11 is 0. The molecule has 0 aromatic heterocycles. The van der Waals surface area contributed by atoms with Crippen molar-refractivity contribution in [3.63, 3.8) is 0 Å². The van der Waals surface area contributed by atoms with Gasteiger partial charge in [0.15, 0.2) is 5.75 Å². The minimum absolute atomic E-state index is 0.000852. The van der Waals surface area contributed by atoms with Gasteiger partial charge in [-0.3, -0.25) is 10.1 Å². The average Bonchev–Trinajstić information content (AvgIpc) is 3.28. The fraction of sp³-hybridized carbons (Fsp3) is 0.500. The molecule has 1 aliphatic carbocycles. The molecule has 1 aromatic rings. The number of sulfonamides is 1. The van der Waals surface area contributed by atoms with Crippen LogP contribution in [0.25, 0.3) is 0 Å². The van der Waals surface area contributed by atoms with Crippen LogP contribution in [0.1, 0.15) is 12.8 Å². The van der Waals surface area contributed by atoms with E-state index in [0.717, 1.165) is 18.9 Å². The molecule has 1 aromatic carbocycles. The van der Waals surface area contributed by atoms with E-state index in [2.05, 4.69) is 0 Å². The first-order chi connectivity index (χ1) is 9.91. The van der Waals surface area contributed by atoms with Gasteiger partial charge in [0, 0.05) is 18.7 Å². The van der Waals surface area contributed by atoms with Crippen molar-refractivity contribution in [1.82, 2.24) is 4.31 Å². The minimum Gasteiger partial charge on any atom is -0.490 e. The Morgan fingerprint density at radius 2 is 2.14 bits per heavy atom. The van der Waals surface area contributed by atoms with Gasteiger partial charge in [0.25, 0.3) is 0 Å². The molecule has 0 atom stereocenters. The van der Waals surface area contributed by atoms with Gasteiger partial charge in [0.1, 0.15) is 0 Å². The fourth-order valence-corrected chi connectivity index (χ4v) is 3.77. The molecule has 1 fully saturated rings. The Balaban J connectivity index is 2.44. The minimum atomic E-state index is -3.87. The van der Waals surface area contributed by atoms with Gasteiger partial charge < -0.3 is 9.84 Å². The fourth-order valence-electron chi connectivity index (χ4n) is 2.07. The van der Waals surface area contributed by atoms with E-state index in [9.17, 15) is 18.5 Å². The Bertz CT molecular complexity index is 641. The maximum Gasteiger partial charge on any atom is 0.312 e. The van der Waals surface area contributed by atoms with Crippen LogP contribution in [-0.4, -0.2) is 49.1 Å². The lowest BCUT2D eigenvalue weighted by molar-refractivity contribution is -0.386. The smallest absolute Gasteiger partial charge is 0.312 e. The van der Waals surface area contributed by atoms with E-state index in [0.29, 0.717) is 0 Å². The highest BCUT2D eigenvalue weighted by molar-refractivity contribution is 7.89. The van der Waals surface area contributed by atoms with E-state index in [1.165, 1.54) is 23.5 Å². The zero-order valence-electron chi connectivity index (χ0n) is 11.4. The second kappa shape index (κ2) is 5.96. The molecule has 0 saturated heterocycles. The second-order valence-electron chi connectivity index (χ2n) is 4.66. The van der Waals surface area contributed by atoms with Crippen molar-refractivity contribution in [3.8, 4) is 5.75 Å². The predicted molar refractivity (Wildman–Crippen MR) is 73.6 cm³/mol. The first kappa shape index (κ1) is 15.7. The molecule has 1 N–H and O–H groups in total. The number of nitrogens with zero attached hydrogens (tertiary/aromatic N) is 2. The molecule has 0 bridgehead atoms. The molecule has 0 unspecified atom stereocenters. The Morgan fingerprint density at radius 1 is 1.48 bits per heavy atom. The molecule has 21 heavy (non-hydrogen) atoms. The topological polar surface area (TPSA) is 110 Å². The molecule has 2 rings (SSSR count). The van der Waals surface area contributed by atoms with E-state index in [1.54, 1.807) is 0 Å². The summed E-state index contributed by atoms with van der Waals surface area (Å²) in [5.41, 5.74) is -0.404. The van der Waals surface area contributed by atoms with Crippen LogP contribution in [0.5, 0.6) is 5.75 Å². The van der Waals surface area contributed by atoms with Gasteiger partial charge >= 0.3 is 5.69 Å². The number of ether oxygens (including phenoxy) is 1. The lowest BCUT2D eigenvalue weighted by Gasteiger charge is -2.20. The van der Waals surface area contributed by atoms with Crippen molar-refractivity contribution in [2.24, 2.45) is 0 Å². The van der Waals surface area contributed by atoms with Gasteiger partial charge in [0.05, 0.1) is 23.5 Å². The van der Waals surface area contributed by atoms with Crippen molar-refractivity contribution in [3.05, 3.63) is 28.3 Å². The van der Waals surface area contributed by atoms with Crippen LogP contribution in [0.3, 0.4) is 0 Å². The van der Waals surface area contributed by atoms with Crippen LogP contribution >= 0.6 is 0 Å². The van der Waals surface area contributed by atoms with Gasteiger partial charge in [0.2, 0.25) is 10.0 Å². The zero-order valence-corrected chi connectivity index (χ0v) is 12.2. The van der Waals surface area contributed by atoms with Crippen LogP contribution in [0.4, 0.5) is 5.69 Å². The van der Waals surface area contributed by atoms with Crippen molar-refractivity contribution in [1.29, 1.82) is 0 Å². The standard InChI is InChI=1S/C12H16N2O6S/c1-20-12-5-4-10(8-11(12)14(16)17)21(18,19)13(6-7-15)9-2-3-9/h4-5,8-9,15H,2-3,6-7H2,1H3. The molecule has 0 aliphatic heterocycles. The summed E-state index contributed by atoms with van der Waals surface area (Å²) in [6.45, 7) is -0.319. The maximum atomic E-state index is 12.5. The number of rotatable bonds is 7. The predicted octanol–water partition coefficient (Wildman–Crippen LogP) is 0.749. The molecule has 0 radical (unpaired) electrons.